The average molecular weight is 368 g/mol. The zero-order chi connectivity index (χ0) is 18.8. The van der Waals surface area contributed by atoms with Crippen LogP contribution in [0, 0.1) is 0 Å². The highest BCUT2D eigenvalue weighted by Crippen LogP contribution is 2.25. The minimum Gasteiger partial charge on any atom is -0.478 e. The van der Waals surface area contributed by atoms with Crippen molar-refractivity contribution in [2.24, 2.45) is 4.99 Å². The maximum Gasteiger partial charge on any atom is 0.328 e. The Kier molecular flexibility index (Phi) is 8.49. The fraction of sp³-hybridized carbons (Fsp3) is 0.353. The van der Waals surface area contributed by atoms with E-state index >= 15 is 0 Å². The van der Waals surface area contributed by atoms with Gasteiger partial charge in [0, 0.05) is 44.4 Å². The number of aliphatic imine (C=N–C) groups is 1. The molecule has 136 valence electrons. The molecule has 1 aliphatic heterocycles. The Balaban J connectivity index is 0.000000333. The Labute approximate surface area is 151 Å². The van der Waals surface area contributed by atoms with Gasteiger partial charge in [0.1, 0.15) is 0 Å². The van der Waals surface area contributed by atoms with Gasteiger partial charge in [0.15, 0.2) is 0 Å². The number of benzene rings is 1. The number of halogens is 1. The van der Waals surface area contributed by atoms with Crippen LogP contribution in [0.5, 0.6) is 0 Å². The van der Waals surface area contributed by atoms with Gasteiger partial charge in [-0.2, -0.15) is 0 Å². The Morgan fingerprint density at radius 3 is 2.24 bits per heavy atom. The van der Waals surface area contributed by atoms with Gasteiger partial charge < -0.3 is 20.0 Å². The summed E-state index contributed by atoms with van der Waals surface area (Å²) in [7, 11) is 3.91. The molecule has 7 nitrogen and oxygen atoms in total. The molecule has 0 amide bonds. The standard InChI is InChI=1S/C13H18ClN3.C4H4O4/c1-15-13-16(2)10-12(8-9-14)17(13)11-6-4-3-5-7-11;5-3(6)1-2-4(7)8/h3-7,12H,8-10H2,1-2H3;1-2H,(H,5,6)(H,7,8). The molecule has 25 heavy (non-hydrogen) atoms. The predicted octanol–water partition coefficient (Wildman–Crippen LogP) is 2.13. The molecule has 1 aromatic rings. The zero-order valence-electron chi connectivity index (χ0n) is 14.2. The minimum absolute atomic E-state index is 0.415. The normalized spacial score (nSPS) is 18.4. The number of hydrogen-bond acceptors (Lipinski definition) is 3. The van der Waals surface area contributed by atoms with E-state index in [-0.39, 0.29) is 0 Å². The van der Waals surface area contributed by atoms with Crippen molar-refractivity contribution in [2.75, 3.05) is 31.4 Å². The third kappa shape index (κ3) is 6.46. The first-order valence-electron chi connectivity index (χ1n) is 7.62. The van der Waals surface area contributed by atoms with Crippen LogP contribution in [0.15, 0.2) is 47.5 Å². The van der Waals surface area contributed by atoms with E-state index in [1.54, 1.807) is 0 Å². The molecule has 2 rings (SSSR count). The molecule has 1 atom stereocenters. The number of aliphatic carboxylic acids is 2. The molecular formula is C17H22ClN3O4. The molecule has 1 heterocycles. The van der Waals surface area contributed by atoms with Crippen LogP contribution in [-0.2, 0) is 9.59 Å². The topological polar surface area (TPSA) is 93.4 Å². The Morgan fingerprint density at radius 2 is 1.80 bits per heavy atom. The van der Waals surface area contributed by atoms with Crippen molar-refractivity contribution in [3.8, 4) is 0 Å². The lowest BCUT2D eigenvalue weighted by molar-refractivity contribution is -0.134. The van der Waals surface area contributed by atoms with Gasteiger partial charge in [-0.25, -0.2) is 9.59 Å². The lowest BCUT2D eigenvalue weighted by atomic mass is 10.2. The van der Waals surface area contributed by atoms with Crippen LogP contribution in [0.2, 0.25) is 0 Å². The number of carboxylic acids is 2. The number of carbonyl (C=O) groups is 2. The molecule has 1 aliphatic rings. The van der Waals surface area contributed by atoms with Crippen LogP contribution in [0.4, 0.5) is 5.69 Å². The summed E-state index contributed by atoms with van der Waals surface area (Å²) >= 11 is 5.89. The quantitative estimate of drug-likeness (QED) is 0.611. The SMILES string of the molecule is CN=C1N(C)CC(CCCl)N1c1ccccc1.O=C(O)C=CC(=O)O. The first-order valence-corrected chi connectivity index (χ1v) is 8.16. The van der Waals surface area contributed by atoms with Gasteiger partial charge in [-0.3, -0.25) is 4.99 Å². The van der Waals surface area contributed by atoms with Crippen molar-refractivity contribution in [3.05, 3.63) is 42.5 Å². The fourth-order valence-electron chi connectivity index (χ4n) is 2.51. The number of para-hydroxylation sites is 1. The lowest BCUT2D eigenvalue weighted by Gasteiger charge is -2.25. The summed E-state index contributed by atoms with van der Waals surface area (Å²) in [4.78, 5) is 28.0. The molecule has 0 spiro atoms. The average Bonchev–Trinajstić information content (AvgIpc) is 2.90. The number of hydrogen-bond donors (Lipinski definition) is 2. The number of nitrogens with zero attached hydrogens (tertiary/aromatic N) is 3. The van der Waals surface area contributed by atoms with Crippen LogP contribution >= 0.6 is 11.6 Å². The summed E-state index contributed by atoms with van der Waals surface area (Å²) in [6, 6.07) is 10.8. The van der Waals surface area contributed by atoms with Crippen LogP contribution in [0.25, 0.3) is 0 Å². The second-order valence-corrected chi connectivity index (χ2v) is 5.63. The Morgan fingerprint density at radius 1 is 1.24 bits per heavy atom. The molecule has 1 aromatic carbocycles. The first-order chi connectivity index (χ1) is 11.9. The van der Waals surface area contributed by atoms with E-state index in [1.165, 1.54) is 5.69 Å². The summed E-state index contributed by atoms with van der Waals surface area (Å²) in [6.07, 6.45) is 2.09. The van der Waals surface area contributed by atoms with E-state index in [4.69, 9.17) is 21.8 Å². The number of likely N-dealkylation sites (N-methyl/N-ethyl adjacent to an activating group) is 1. The summed E-state index contributed by atoms with van der Waals surface area (Å²) < 4.78 is 0. The van der Waals surface area contributed by atoms with Gasteiger partial charge >= 0.3 is 11.9 Å². The van der Waals surface area contributed by atoms with Gasteiger partial charge in [0.2, 0.25) is 5.96 Å². The Bertz CT molecular complexity index is 618. The van der Waals surface area contributed by atoms with E-state index in [0.29, 0.717) is 24.1 Å². The van der Waals surface area contributed by atoms with Crippen molar-refractivity contribution in [1.82, 2.24) is 4.90 Å². The van der Waals surface area contributed by atoms with Crippen molar-refractivity contribution >= 4 is 35.2 Å². The van der Waals surface area contributed by atoms with Crippen LogP contribution in [0.3, 0.4) is 0 Å². The molecule has 0 saturated carbocycles. The number of carboxylic acid groups (broad SMARTS) is 2. The van der Waals surface area contributed by atoms with Gasteiger partial charge in [-0.1, -0.05) is 18.2 Å². The number of alkyl halides is 1. The van der Waals surface area contributed by atoms with Gasteiger partial charge in [-0.15, -0.1) is 11.6 Å². The molecule has 1 fully saturated rings. The molecule has 1 unspecified atom stereocenters. The van der Waals surface area contributed by atoms with Gasteiger partial charge in [0.25, 0.3) is 0 Å². The first kappa shape index (κ1) is 20.5. The highest BCUT2D eigenvalue weighted by molar-refractivity contribution is 6.18. The summed E-state index contributed by atoms with van der Waals surface area (Å²) in [6.45, 7) is 0.980. The molecule has 0 bridgehead atoms. The zero-order valence-corrected chi connectivity index (χ0v) is 14.9. The van der Waals surface area contributed by atoms with Gasteiger partial charge in [0.05, 0.1) is 6.04 Å². The maximum atomic E-state index is 9.55. The number of anilines is 1. The number of rotatable bonds is 5. The van der Waals surface area contributed by atoms with Crippen molar-refractivity contribution in [2.45, 2.75) is 12.5 Å². The predicted molar refractivity (Wildman–Crippen MR) is 98.4 cm³/mol. The number of guanidine groups is 1. The minimum atomic E-state index is -1.26. The summed E-state index contributed by atoms with van der Waals surface area (Å²) in [5.74, 6) is -0.815. The lowest BCUT2D eigenvalue weighted by Crippen LogP contribution is -2.35. The molecule has 0 aliphatic carbocycles. The van der Waals surface area contributed by atoms with Crippen LogP contribution in [0.1, 0.15) is 6.42 Å². The van der Waals surface area contributed by atoms with Crippen molar-refractivity contribution in [1.29, 1.82) is 0 Å². The largest absolute Gasteiger partial charge is 0.478 e. The third-order valence-electron chi connectivity index (χ3n) is 3.45. The highest BCUT2D eigenvalue weighted by atomic mass is 35.5. The van der Waals surface area contributed by atoms with E-state index in [2.05, 4.69) is 46.1 Å². The van der Waals surface area contributed by atoms with E-state index in [9.17, 15) is 9.59 Å². The molecule has 0 aromatic heterocycles. The van der Waals surface area contributed by atoms with Crippen molar-refractivity contribution < 1.29 is 19.8 Å². The smallest absolute Gasteiger partial charge is 0.328 e. The second kappa shape index (κ2) is 10.4. The Hall–Kier alpha value is -2.54. The molecule has 0 radical (unpaired) electrons. The monoisotopic (exact) mass is 367 g/mol. The van der Waals surface area contributed by atoms with E-state index < -0.39 is 11.9 Å². The summed E-state index contributed by atoms with van der Waals surface area (Å²) in [5.41, 5.74) is 1.19. The molecule has 1 saturated heterocycles. The fourth-order valence-corrected chi connectivity index (χ4v) is 2.76. The van der Waals surface area contributed by atoms with Crippen molar-refractivity contribution in [3.63, 3.8) is 0 Å². The van der Waals surface area contributed by atoms with Crippen LogP contribution < -0.4 is 4.90 Å². The third-order valence-corrected chi connectivity index (χ3v) is 3.67. The highest BCUT2D eigenvalue weighted by Gasteiger charge is 2.33. The molecule has 2 N–H and O–H groups in total. The summed E-state index contributed by atoms with van der Waals surface area (Å²) in [5, 5.41) is 15.6. The van der Waals surface area contributed by atoms with Gasteiger partial charge in [-0.05, 0) is 18.6 Å². The van der Waals surface area contributed by atoms with E-state index in [1.807, 2.05) is 13.1 Å². The second-order valence-electron chi connectivity index (χ2n) is 5.25. The van der Waals surface area contributed by atoms with E-state index in [0.717, 1.165) is 18.9 Å². The molecule has 8 heteroatoms. The molecular weight excluding hydrogens is 346 g/mol. The van der Waals surface area contributed by atoms with Crippen LogP contribution in [-0.4, -0.2) is 65.6 Å². The maximum absolute atomic E-state index is 9.55.